The van der Waals surface area contributed by atoms with E-state index in [2.05, 4.69) is 49.9 Å². The summed E-state index contributed by atoms with van der Waals surface area (Å²) in [5.74, 6) is 0. The fourth-order valence-electron chi connectivity index (χ4n) is 1.84. The Morgan fingerprint density at radius 3 is 2.62 bits per heavy atom. The van der Waals surface area contributed by atoms with Gasteiger partial charge in [-0.3, -0.25) is 4.90 Å². The molecule has 1 aromatic rings. The number of benzene rings is 1. The number of rotatable bonds is 6. The zero-order valence-electron chi connectivity index (χ0n) is 10.6. The van der Waals surface area contributed by atoms with Gasteiger partial charge in [0.1, 0.15) is 0 Å². The highest BCUT2D eigenvalue weighted by Gasteiger charge is 2.09. The Balaban J connectivity index is 2.60. The first-order valence-corrected chi connectivity index (χ1v) is 6.04. The third-order valence-electron chi connectivity index (χ3n) is 2.80. The molecule has 2 heteroatoms. The SMILES string of the molecule is Cc1cccc(CN(CCCO)C(C)C)c1. The maximum atomic E-state index is 8.88. The van der Waals surface area contributed by atoms with Crippen molar-refractivity contribution >= 4 is 0 Å². The Hall–Kier alpha value is -0.860. The summed E-state index contributed by atoms with van der Waals surface area (Å²) in [6, 6.07) is 9.15. The number of hydrogen-bond acceptors (Lipinski definition) is 2. The summed E-state index contributed by atoms with van der Waals surface area (Å²) < 4.78 is 0. The van der Waals surface area contributed by atoms with Crippen molar-refractivity contribution in [3.05, 3.63) is 35.4 Å². The molecule has 0 saturated carbocycles. The molecule has 0 aromatic heterocycles. The van der Waals surface area contributed by atoms with Gasteiger partial charge < -0.3 is 5.11 Å². The van der Waals surface area contributed by atoms with Gasteiger partial charge in [-0.15, -0.1) is 0 Å². The molecule has 1 N–H and O–H groups in total. The van der Waals surface area contributed by atoms with Crippen molar-refractivity contribution in [1.82, 2.24) is 4.90 Å². The molecule has 0 radical (unpaired) electrons. The number of aliphatic hydroxyl groups excluding tert-OH is 1. The molecule has 0 heterocycles. The molecule has 16 heavy (non-hydrogen) atoms. The maximum absolute atomic E-state index is 8.88. The van der Waals surface area contributed by atoms with E-state index in [9.17, 15) is 0 Å². The van der Waals surface area contributed by atoms with Crippen LogP contribution >= 0.6 is 0 Å². The Bertz CT molecular complexity index is 309. The Morgan fingerprint density at radius 2 is 2.06 bits per heavy atom. The van der Waals surface area contributed by atoms with Gasteiger partial charge in [0.05, 0.1) is 0 Å². The maximum Gasteiger partial charge on any atom is 0.0443 e. The van der Waals surface area contributed by atoms with Gasteiger partial charge in [0.25, 0.3) is 0 Å². The number of hydrogen-bond donors (Lipinski definition) is 1. The van der Waals surface area contributed by atoms with E-state index in [-0.39, 0.29) is 6.61 Å². The predicted molar refractivity (Wildman–Crippen MR) is 68.4 cm³/mol. The minimum absolute atomic E-state index is 0.275. The highest BCUT2D eigenvalue weighted by Crippen LogP contribution is 2.10. The standard InChI is InChI=1S/C14H23NO/c1-12(2)15(8-5-9-16)11-14-7-4-6-13(3)10-14/h4,6-7,10,12,16H,5,8-9,11H2,1-3H3. The van der Waals surface area contributed by atoms with Crippen LogP contribution in [-0.4, -0.2) is 29.2 Å². The zero-order chi connectivity index (χ0) is 12.0. The van der Waals surface area contributed by atoms with Crippen LogP contribution in [0.15, 0.2) is 24.3 Å². The van der Waals surface area contributed by atoms with Gasteiger partial charge in [-0.25, -0.2) is 0 Å². The lowest BCUT2D eigenvalue weighted by Crippen LogP contribution is -2.31. The van der Waals surface area contributed by atoms with Crippen molar-refractivity contribution < 1.29 is 5.11 Å². The summed E-state index contributed by atoms with van der Waals surface area (Å²) >= 11 is 0. The van der Waals surface area contributed by atoms with E-state index in [0.717, 1.165) is 19.5 Å². The van der Waals surface area contributed by atoms with Crippen molar-refractivity contribution in [1.29, 1.82) is 0 Å². The quantitative estimate of drug-likeness (QED) is 0.798. The van der Waals surface area contributed by atoms with Crippen LogP contribution in [0.1, 0.15) is 31.4 Å². The third-order valence-corrected chi connectivity index (χ3v) is 2.80. The lowest BCUT2D eigenvalue weighted by molar-refractivity contribution is 0.185. The van der Waals surface area contributed by atoms with E-state index in [4.69, 9.17) is 5.11 Å². The van der Waals surface area contributed by atoms with E-state index < -0.39 is 0 Å². The molecular formula is C14H23NO. The van der Waals surface area contributed by atoms with Crippen molar-refractivity contribution in [2.45, 2.75) is 39.8 Å². The largest absolute Gasteiger partial charge is 0.396 e. The van der Waals surface area contributed by atoms with Crippen LogP contribution in [0.2, 0.25) is 0 Å². The fraction of sp³-hybridized carbons (Fsp3) is 0.571. The van der Waals surface area contributed by atoms with Gasteiger partial charge in [0.15, 0.2) is 0 Å². The van der Waals surface area contributed by atoms with Crippen LogP contribution in [0.4, 0.5) is 0 Å². The zero-order valence-corrected chi connectivity index (χ0v) is 10.6. The lowest BCUT2D eigenvalue weighted by Gasteiger charge is -2.26. The van der Waals surface area contributed by atoms with Crippen LogP contribution in [0.5, 0.6) is 0 Å². The number of nitrogens with zero attached hydrogens (tertiary/aromatic N) is 1. The summed E-state index contributed by atoms with van der Waals surface area (Å²) in [6.45, 7) is 8.73. The Morgan fingerprint density at radius 1 is 1.31 bits per heavy atom. The molecule has 0 saturated heterocycles. The van der Waals surface area contributed by atoms with E-state index in [1.807, 2.05) is 0 Å². The molecule has 0 unspecified atom stereocenters. The van der Waals surface area contributed by atoms with Gasteiger partial charge >= 0.3 is 0 Å². The molecule has 90 valence electrons. The second-order valence-electron chi connectivity index (χ2n) is 4.63. The molecule has 0 fully saturated rings. The van der Waals surface area contributed by atoms with Gasteiger partial charge in [-0.1, -0.05) is 29.8 Å². The third kappa shape index (κ3) is 4.33. The molecule has 0 atom stereocenters. The molecule has 1 aromatic carbocycles. The fourth-order valence-corrected chi connectivity index (χ4v) is 1.84. The summed E-state index contributed by atoms with van der Waals surface area (Å²) in [4.78, 5) is 2.39. The van der Waals surface area contributed by atoms with E-state index >= 15 is 0 Å². The molecule has 1 rings (SSSR count). The smallest absolute Gasteiger partial charge is 0.0443 e. The lowest BCUT2D eigenvalue weighted by atomic mass is 10.1. The summed E-state index contributed by atoms with van der Waals surface area (Å²) in [5.41, 5.74) is 2.66. The second kappa shape index (κ2) is 6.66. The van der Waals surface area contributed by atoms with E-state index in [1.54, 1.807) is 0 Å². The van der Waals surface area contributed by atoms with Crippen molar-refractivity contribution in [3.8, 4) is 0 Å². The van der Waals surface area contributed by atoms with Crippen LogP contribution in [0.25, 0.3) is 0 Å². The Labute approximate surface area is 98.9 Å². The number of aliphatic hydroxyl groups is 1. The van der Waals surface area contributed by atoms with Gasteiger partial charge in [0, 0.05) is 25.7 Å². The van der Waals surface area contributed by atoms with Crippen molar-refractivity contribution in [2.24, 2.45) is 0 Å². The number of aryl methyl sites for hydroxylation is 1. The summed E-state index contributed by atoms with van der Waals surface area (Å²) in [7, 11) is 0. The summed E-state index contributed by atoms with van der Waals surface area (Å²) in [5, 5.41) is 8.88. The highest BCUT2D eigenvalue weighted by molar-refractivity contribution is 5.22. The first kappa shape index (κ1) is 13.2. The molecule has 0 aliphatic rings. The normalized spacial score (nSPS) is 11.4. The Kier molecular flexibility index (Phi) is 5.50. The minimum Gasteiger partial charge on any atom is -0.396 e. The summed E-state index contributed by atoms with van der Waals surface area (Å²) in [6.07, 6.45) is 0.851. The van der Waals surface area contributed by atoms with Gasteiger partial charge in [-0.2, -0.15) is 0 Å². The van der Waals surface area contributed by atoms with E-state index in [0.29, 0.717) is 6.04 Å². The molecule has 0 amide bonds. The molecule has 0 spiro atoms. The first-order chi connectivity index (χ1) is 7.63. The van der Waals surface area contributed by atoms with Crippen molar-refractivity contribution in [2.75, 3.05) is 13.2 Å². The topological polar surface area (TPSA) is 23.5 Å². The van der Waals surface area contributed by atoms with Crippen LogP contribution in [-0.2, 0) is 6.54 Å². The molecule has 2 nitrogen and oxygen atoms in total. The molecular weight excluding hydrogens is 198 g/mol. The molecule has 0 aliphatic carbocycles. The average molecular weight is 221 g/mol. The van der Waals surface area contributed by atoms with Gasteiger partial charge in [-0.05, 0) is 32.8 Å². The van der Waals surface area contributed by atoms with Crippen molar-refractivity contribution in [3.63, 3.8) is 0 Å². The monoisotopic (exact) mass is 221 g/mol. The van der Waals surface area contributed by atoms with Crippen LogP contribution in [0.3, 0.4) is 0 Å². The van der Waals surface area contributed by atoms with Gasteiger partial charge in [0.2, 0.25) is 0 Å². The van der Waals surface area contributed by atoms with Crippen LogP contribution < -0.4 is 0 Å². The molecule has 0 aliphatic heterocycles. The van der Waals surface area contributed by atoms with Crippen LogP contribution in [0, 0.1) is 6.92 Å². The average Bonchev–Trinajstić information content (AvgIpc) is 2.24. The highest BCUT2D eigenvalue weighted by atomic mass is 16.3. The predicted octanol–water partition coefficient (Wildman–Crippen LogP) is 2.59. The second-order valence-corrected chi connectivity index (χ2v) is 4.63. The molecule has 0 bridgehead atoms. The first-order valence-electron chi connectivity index (χ1n) is 6.04. The van der Waals surface area contributed by atoms with E-state index in [1.165, 1.54) is 11.1 Å². The minimum atomic E-state index is 0.275.